The predicted octanol–water partition coefficient (Wildman–Crippen LogP) is 2.74. The van der Waals surface area contributed by atoms with E-state index < -0.39 is 0 Å². The van der Waals surface area contributed by atoms with Crippen LogP contribution >= 0.6 is 0 Å². The second kappa shape index (κ2) is 3.69. The van der Waals surface area contributed by atoms with Crippen molar-refractivity contribution in [3.05, 3.63) is 40.8 Å². The molecule has 0 aromatic heterocycles. The smallest absolute Gasteiger partial charge is 0.226 e. The molecule has 0 unspecified atom stereocenters. The molecule has 1 heterocycles. The number of carbonyl (C=O) groups is 1. The van der Waals surface area contributed by atoms with Crippen LogP contribution in [0.4, 0.5) is 4.39 Å². The van der Waals surface area contributed by atoms with Crippen LogP contribution in [0.3, 0.4) is 0 Å². The van der Waals surface area contributed by atoms with Crippen molar-refractivity contribution in [2.24, 2.45) is 0 Å². The summed E-state index contributed by atoms with van der Waals surface area (Å²) in [5.74, 6) is 0.0161. The molecule has 0 saturated carbocycles. The van der Waals surface area contributed by atoms with Crippen LogP contribution in [0.15, 0.2) is 23.9 Å². The van der Waals surface area contributed by atoms with Gasteiger partial charge in [0.1, 0.15) is 5.82 Å². The number of nitrogens with zero attached hydrogens (tertiary/aromatic N) is 1. The standard InChI is InChI=1S/C14H14FNO/c1-16-13-6-2-9-8-10(15)3-4-11(9)12(13)5-7-14(16)17/h3-4,8H,2,5-7H2,1H3. The molecule has 1 aliphatic heterocycles. The molecule has 0 fully saturated rings. The molecule has 0 radical (unpaired) electrons. The first-order valence-corrected chi connectivity index (χ1v) is 5.94. The van der Waals surface area contributed by atoms with Crippen LogP contribution in [0.25, 0.3) is 5.57 Å². The summed E-state index contributed by atoms with van der Waals surface area (Å²) in [7, 11) is 1.84. The van der Waals surface area contributed by atoms with Gasteiger partial charge in [0, 0.05) is 19.2 Å². The van der Waals surface area contributed by atoms with E-state index in [0.29, 0.717) is 6.42 Å². The molecule has 0 N–H and O–H groups in total. The predicted molar refractivity (Wildman–Crippen MR) is 63.6 cm³/mol. The maximum atomic E-state index is 13.2. The summed E-state index contributed by atoms with van der Waals surface area (Å²) in [5.41, 5.74) is 4.56. The van der Waals surface area contributed by atoms with Crippen molar-refractivity contribution < 1.29 is 9.18 Å². The number of hydrogen-bond acceptors (Lipinski definition) is 1. The molecule has 0 bridgehead atoms. The Morgan fingerprint density at radius 1 is 1.18 bits per heavy atom. The van der Waals surface area contributed by atoms with Gasteiger partial charge < -0.3 is 4.90 Å². The van der Waals surface area contributed by atoms with E-state index in [1.54, 1.807) is 11.0 Å². The molecule has 1 aromatic carbocycles. The monoisotopic (exact) mass is 231 g/mol. The Hall–Kier alpha value is -1.64. The van der Waals surface area contributed by atoms with Gasteiger partial charge in [0.25, 0.3) is 0 Å². The van der Waals surface area contributed by atoms with Gasteiger partial charge in [-0.3, -0.25) is 4.79 Å². The van der Waals surface area contributed by atoms with Crippen molar-refractivity contribution in [2.75, 3.05) is 7.05 Å². The lowest BCUT2D eigenvalue weighted by atomic mass is 9.84. The number of aryl methyl sites for hydroxylation is 1. The summed E-state index contributed by atoms with van der Waals surface area (Å²) in [6, 6.07) is 4.98. The zero-order valence-electron chi connectivity index (χ0n) is 9.79. The highest BCUT2D eigenvalue weighted by molar-refractivity contribution is 5.87. The molecule has 3 rings (SSSR count). The molecular weight excluding hydrogens is 217 g/mol. The molecule has 1 aliphatic carbocycles. The molecule has 0 saturated heterocycles. The molecule has 2 nitrogen and oxygen atoms in total. The second-order valence-electron chi connectivity index (χ2n) is 4.68. The Kier molecular flexibility index (Phi) is 2.28. The molecule has 0 spiro atoms. The van der Waals surface area contributed by atoms with Gasteiger partial charge in [0.15, 0.2) is 0 Å². The number of fused-ring (bicyclic) bond motifs is 2. The maximum absolute atomic E-state index is 13.2. The summed E-state index contributed by atoms with van der Waals surface area (Å²) in [6.45, 7) is 0. The summed E-state index contributed by atoms with van der Waals surface area (Å²) in [6.07, 6.45) is 3.01. The molecule has 0 atom stereocenters. The SMILES string of the molecule is CN1C(=O)CCC2=C1CCc1cc(F)ccc12. The molecule has 1 amide bonds. The van der Waals surface area contributed by atoms with E-state index in [2.05, 4.69) is 0 Å². The van der Waals surface area contributed by atoms with Crippen LogP contribution in [0.2, 0.25) is 0 Å². The molecule has 1 aromatic rings. The van der Waals surface area contributed by atoms with Gasteiger partial charge in [0.05, 0.1) is 0 Å². The largest absolute Gasteiger partial charge is 0.319 e. The van der Waals surface area contributed by atoms with E-state index in [1.807, 2.05) is 13.1 Å². The van der Waals surface area contributed by atoms with E-state index in [9.17, 15) is 9.18 Å². The van der Waals surface area contributed by atoms with Gasteiger partial charge in [-0.05, 0) is 48.1 Å². The van der Waals surface area contributed by atoms with Gasteiger partial charge in [-0.2, -0.15) is 0 Å². The first kappa shape index (κ1) is 10.5. The van der Waals surface area contributed by atoms with Crippen molar-refractivity contribution >= 4 is 11.5 Å². The van der Waals surface area contributed by atoms with Gasteiger partial charge in [-0.25, -0.2) is 4.39 Å². The van der Waals surface area contributed by atoms with E-state index in [-0.39, 0.29) is 11.7 Å². The number of allylic oxidation sites excluding steroid dienone is 2. The van der Waals surface area contributed by atoms with Crippen LogP contribution in [0, 0.1) is 5.82 Å². The molecule has 2 aliphatic rings. The molecular formula is C14H14FNO. The van der Waals surface area contributed by atoms with Crippen LogP contribution < -0.4 is 0 Å². The van der Waals surface area contributed by atoms with E-state index in [0.717, 1.165) is 36.1 Å². The van der Waals surface area contributed by atoms with Crippen molar-refractivity contribution in [1.82, 2.24) is 4.90 Å². The summed E-state index contributed by atoms with van der Waals surface area (Å²) < 4.78 is 13.2. The highest BCUT2D eigenvalue weighted by atomic mass is 19.1. The van der Waals surface area contributed by atoms with Crippen molar-refractivity contribution in [3.8, 4) is 0 Å². The number of hydrogen-bond donors (Lipinski definition) is 0. The Morgan fingerprint density at radius 2 is 2.00 bits per heavy atom. The van der Waals surface area contributed by atoms with Gasteiger partial charge in [-0.1, -0.05) is 6.07 Å². The third-order valence-corrected chi connectivity index (χ3v) is 3.74. The normalized spacial score (nSPS) is 19.2. The number of carbonyl (C=O) groups excluding carboxylic acids is 1. The minimum atomic E-state index is -0.173. The molecule has 3 heteroatoms. The summed E-state index contributed by atoms with van der Waals surface area (Å²) in [4.78, 5) is 13.4. The summed E-state index contributed by atoms with van der Waals surface area (Å²) in [5, 5.41) is 0. The van der Waals surface area contributed by atoms with E-state index >= 15 is 0 Å². The zero-order valence-corrected chi connectivity index (χ0v) is 9.79. The Balaban J connectivity index is 2.13. The Morgan fingerprint density at radius 3 is 2.82 bits per heavy atom. The first-order valence-electron chi connectivity index (χ1n) is 5.94. The Bertz CT molecular complexity index is 533. The lowest BCUT2D eigenvalue weighted by molar-refractivity contribution is -0.128. The molecule has 88 valence electrons. The topological polar surface area (TPSA) is 20.3 Å². The first-order chi connectivity index (χ1) is 8.16. The van der Waals surface area contributed by atoms with Crippen molar-refractivity contribution in [1.29, 1.82) is 0 Å². The molecule has 17 heavy (non-hydrogen) atoms. The van der Waals surface area contributed by atoms with Crippen molar-refractivity contribution in [2.45, 2.75) is 25.7 Å². The highest BCUT2D eigenvalue weighted by Gasteiger charge is 2.28. The minimum absolute atomic E-state index is 0.173. The average Bonchev–Trinajstić information content (AvgIpc) is 2.33. The maximum Gasteiger partial charge on any atom is 0.226 e. The quantitative estimate of drug-likeness (QED) is 0.672. The fourth-order valence-electron chi connectivity index (χ4n) is 2.82. The highest BCUT2D eigenvalue weighted by Crippen LogP contribution is 2.38. The van der Waals surface area contributed by atoms with Crippen LogP contribution in [0.1, 0.15) is 30.4 Å². The fraction of sp³-hybridized carbons (Fsp3) is 0.357. The third-order valence-electron chi connectivity index (χ3n) is 3.74. The van der Waals surface area contributed by atoms with Crippen LogP contribution in [0.5, 0.6) is 0 Å². The van der Waals surface area contributed by atoms with Gasteiger partial charge in [0.2, 0.25) is 5.91 Å². The second-order valence-corrected chi connectivity index (χ2v) is 4.68. The van der Waals surface area contributed by atoms with Gasteiger partial charge >= 0.3 is 0 Å². The minimum Gasteiger partial charge on any atom is -0.319 e. The van der Waals surface area contributed by atoms with Crippen LogP contribution in [-0.4, -0.2) is 17.9 Å². The number of halogens is 1. The van der Waals surface area contributed by atoms with Crippen molar-refractivity contribution in [3.63, 3.8) is 0 Å². The Labute approximate surface area is 99.7 Å². The zero-order chi connectivity index (χ0) is 12.0. The number of benzene rings is 1. The van der Waals surface area contributed by atoms with E-state index in [1.165, 1.54) is 11.6 Å². The fourth-order valence-corrected chi connectivity index (χ4v) is 2.82. The lowest BCUT2D eigenvalue weighted by Gasteiger charge is -2.33. The average molecular weight is 231 g/mol. The van der Waals surface area contributed by atoms with Crippen LogP contribution in [-0.2, 0) is 11.2 Å². The number of amides is 1. The number of rotatable bonds is 0. The summed E-state index contributed by atoms with van der Waals surface area (Å²) >= 11 is 0. The lowest BCUT2D eigenvalue weighted by Crippen LogP contribution is -2.32. The third kappa shape index (κ3) is 1.57. The van der Waals surface area contributed by atoms with Gasteiger partial charge in [-0.15, -0.1) is 0 Å². The van der Waals surface area contributed by atoms with E-state index in [4.69, 9.17) is 0 Å².